The van der Waals surface area contributed by atoms with E-state index < -0.39 is 0 Å². The van der Waals surface area contributed by atoms with Crippen molar-refractivity contribution < 1.29 is 0 Å². The molecule has 4 aromatic carbocycles. The predicted octanol–water partition coefficient (Wildman–Crippen LogP) is 26.8. The van der Waals surface area contributed by atoms with Crippen molar-refractivity contribution in [2.24, 2.45) is 23.7 Å². The van der Waals surface area contributed by atoms with Crippen LogP contribution in [0, 0.1) is 79.1 Å². The molecule has 6 aliphatic rings. The summed E-state index contributed by atoms with van der Waals surface area (Å²) in [7, 11) is 0. The maximum Gasteiger partial charge on any atom is -0.0159 e. The lowest BCUT2D eigenvalue weighted by Gasteiger charge is -2.28. The van der Waals surface area contributed by atoms with Crippen molar-refractivity contribution in [1.82, 2.24) is 0 Å². The van der Waals surface area contributed by atoms with E-state index in [1.54, 1.807) is 77.9 Å². The Bertz CT molecular complexity index is 2320. The van der Waals surface area contributed by atoms with E-state index in [-0.39, 0.29) is 0 Å². The topological polar surface area (TPSA) is 0 Å². The SMILES string of the molecule is CCCCCCc1cc(C)c(CCCCCC)cc1C.Cc1cc(C2CCCCC2)c(C)cc1C1CCCCC1.Cc1cc(CC2CCCCC2)c(C)cc1CC1CCCCC1.Cc1cc(CCC2CCCCC2)c(C)cc1CCC1CCCCC1. The number of hydrogen-bond donors (Lipinski definition) is 0. The monoisotopic (exact) mass is 1170 g/mol. The third kappa shape index (κ3) is 23.9. The Morgan fingerprint density at radius 3 is 0.802 bits per heavy atom. The molecule has 0 bridgehead atoms. The van der Waals surface area contributed by atoms with Crippen LogP contribution in [0.25, 0.3) is 0 Å². The van der Waals surface area contributed by atoms with Gasteiger partial charge >= 0.3 is 0 Å². The number of hydrogen-bond acceptors (Lipinski definition) is 0. The lowest BCUT2D eigenvalue weighted by molar-refractivity contribution is 0.338. The average molecular weight is 1170 g/mol. The summed E-state index contributed by atoms with van der Waals surface area (Å²) in [5.74, 6) is 5.62. The molecule has 10 rings (SSSR count). The third-order valence-electron chi connectivity index (χ3n) is 23.3. The van der Waals surface area contributed by atoms with Crippen molar-refractivity contribution >= 4 is 0 Å². The van der Waals surface area contributed by atoms with E-state index in [1.807, 2.05) is 0 Å². The van der Waals surface area contributed by atoms with Gasteiger partial charge in [0.15, 0.2) is 0 Å². The van der Waals surface area contributed by atoms with E-state index in [1.165, 1.54) is 306 Å². The van der Waals surface area contributed by atoms with Crippen LogP contribution in [-0.2, 0) is 38.5 Å². The van der Waals surface area contributed by atoms with Crippen LogP contribution < -0.4 is 0 Å². The standard InChI is InChI=1S/C24H38.C22H34.C20H30.C20H34/c1-19-17-24(16-14-22-11-7-4-8-12-22)20(2)18-23(19)15-13-21-9-5-3-6-10-21;1-17-13-22(16-20-11-7-4-8-12-20)18(2)14-21(17)15-19-9-5-3-6-10-19;1-15-13-20(18-11-7-4-8-12-18)16(2)14-19(15)17-9-5-3-6-10-17;1-5-7-9-11-13-19-15-18(4)20(16-17(19)3)14-12-10-8-6-2/h17-18,21-22H,3-16H2,1-2H3;13-14,19-20H,3-12,15-16H2,1-2H3;13-14,17-18H,3-12H2,1-2H3;15-16H,5-14H2,1-4H3. The van der Waals surface area contributed by atoms with Gasteiger partial charge in [-0.05, 0) is 270 Å². The Labute approximate surface area is 534 Å². The minimum atomic E-state index is 0.850. The maximum atomic E-state index is 2.55. The third-order valence-corrected chi connectivity index (χ3v) is 23.3. The van der Waals surface area contributed by atoms with Gasteiger partial charge in [-0.15, -0.1) is 0 Å². The van der Waals surface area contributed by atoms with E-state index in [2.05, 4.69) is 118 Å². The molecule has 6 aliphatic carbocycles. The Hall–Kier alpha value is -3.12. The highest BCUT2D eigenvalue weighted by Crippen LogP contribution is 2.40. The Morgan fingerprint density at radius 2 is 0.500 bits per heavy atom. The fourth-order valence-electron chi connectivity index (χ4n) is 17.5. The number of aryl methyl sites for hydroxylation is 12. The van der Waals surface area contributed by atoms with Crippen LogP contribution in [-0.4, -0.2) is 0 Å². The van der Waals surface area contributed by atoms with E-state index >= 15 is 0 Å². The van der Waals surface area contributed by atoms with Gasteiger partial charge in [0.05, 0.1) is 0 Å². The molecule has 4 aromatic rings. The average Bonchev–Trinajstić information content (AvgIpc) is 3.65. The van der Waals surface area contributed by atoms with E-state index in [9.17, 15) is 0 Å². The van der Waals surface area contributed by atoms with Crippen molar-refractivity contribution in [2.45, 2.75) is 376 Å². The first kappa shape index (κ1) is 70.3. The van der Waals surface area contributed by atoms with Crippen LogP contribution in [0.15, 0.2) is 48.5 Å². The van der Waals surface area contributed by atoms with Crippen molar-refractivity contribution in [1.29, 1.82) is 0 Å². The van der Waals surface area contributed by atoms with Gasteiger partial charge < -0.3 is 0 Å². The molecule has 0 saturated heterocycles. The summed E-state index contributed by atoms with van der Waals surface area (Å²) < 4.78 is 0. The lowest BCUT2D eigenvalue weighted by Crippen LogP contribution is -2.12. The fraction of sp³-hybridized carbons (Fsp3) is 0.721. The van der Waals surface area contributed by atoms with Crippen molar-refractivity contribution in [3.05, 3.63) is 138 Å². The highest BCUT2D eigenvalue weighted by atomic mass is 14.3. The molecule has 6 saturated carbocycles. The normalized spacial score (nSPS) is 18.8. The molecular formula is C86H136. The van der Waals surface area contributed by atoms with E-state index in [0.29, 0.717) is 0 Å². The van der Waals surface area contributed by atoms with Gasteiger partial charge in [0.2, 0.25) is 0 Å². The molecule has 0 aromatic heterocycles. The zero-order valence-electron chi connectivity index (χ0n) is 58.6. The summed E-state index contributed by atoms with van der Waals surface area (Å²) in [6.07, 6.45) is 65.3. The fourth-order valence-corrected chi connectivity index (χ4v) is 17.5. The van der Waals surface area contributed by atoms with Gasteiger partial charge in [-0.2, -0.15) is 0 Å². The molecule has 0 radical (unpaired) electrons. The second-order valence-electron chi connectivity index (χ2n) is 30.5. The van der Waals surface area contributed by atoms with Gasteiger partial charge in [0.25, 0.3) is 0 Å². The first-order valence-corrected chi connectivity index (χ1v) is 38.3. The van der Waals surface area contributed by atoms with Crippen molar-refractivity contribution in [3.8, 4) is 0 Å². The Morgan fingerprint density at radius 1 is 0.244 bits per heavy atom. The minimum absolute atomic E-state index is 0.850. The second kappa shape index (κ2) is 39.2. The van der Waals surface area contributed by atoms with Gasteiger partial charge in [0, 0.05) is 0 Å². The van der Waals surface area contributed by atoms with Crippen LogP contribution in [0.1, 0.15) is 372 Å². The molecule has 0 nitrogen and oxygen atoms in total. The van der Waals surface area contributed by atoms with Crippen LogP contribution in [0.2, 0.25) is 0 Å². The molecular weight excluding hydrogens is 1030 g/mol. The minimum Gasteiger partial charge on any atom is -0.0654 e. The predicted molar refractivity (Wildman–Crippen MR) is 381 cm³/mol. The van der Waals surface area contributed by atoms with E-state index in [4.69, 9.17) is 0 Å². The highest BCUT2D eigenvalue weighted by molar-refractivity contribution is 5.42. The molecule has 6 fully saturated rings. The molecule has 0 unspecified atom stereocenters. The summed E-state index contributed by atoms with van der Waals surface area (Å²) >= 11 is 0. The zero-order valence-corrected chi connectivity index (χ0v) is 58.6. The smallest absolute Gasteiger partial charge is 0.0159 e. The summed E-state index contributed by atoms with van der Waals surface area (Å²) in [4.78, 5) is 0. The Balaban J connectivity index is 0.000000165. The second-order valence-corrected chi connectivity index (χ2v) is 30.5. The van der Waals surface area contributed by atoms with Crippen molar-refractivity contribution in [2.75, 3.05) is 0 Å². The number of unbranched alkanes of at least 4 members (excludes halogenated alkanes) is 6. The van der Waals surface area contributed by atoms with Gasteiger partial charge in [0.1, 0.15) is 0 Å². The molecule has 480 valence electrons. The molecule has 0 N–H and O–H groups in total. The van der Waals surface area contributed by atoms with Crippen molar-refractivity contribution in [3.63, 3.8) is 0 Å². The zero-order chi connectivity index (χ0) is 60.9. The van der Waals surface area contributed by atoms with Crippen LogP contribution in [0.5, 0.6) is 0 Å². The maximum absolute atomic E-state index is 2.55. The summed E-state index contributed by atoms with van der Waals surface area (Å²) in [5, 5.41) is 0. The Kier molecular flexibility index (Phi) is 32.1. The molecule has 86 heavy (non-hydrogen) atoms. The quantitative estimate of drug-likeness (QED) is 0.0688. The lowest BCUT2D eigenvalue weighted by atomic mass is 9.77. The molecule has 0 aliphatic heterocycles. The first-order chi connectivity index (χ1) is 41.9. The largest absolute Gasteiger partial charge is 0.0654 e. The molecule has 0 amide bonds. The summed E-state index contributed by atoms with van der Waals surface area (Å²) in [5.41, 5.74) is 25.4. The van der Waals surface area contributed by atoms with E-state index in [0.717, 1.165) is 35.5 Å². The first-order valence-electron chi connectivity index (χ1n) is 38.3. The summed E-state index contributed by atoms with van der Waals surface area (Å²) in [6, 6.07) is 20.1. The molecule has 0 heterocycles. The van der Waals surface area contributed by atoms with Crippen LogP contribution >= 0.6 is 0 Å². The highest BCUT2D eigenvalue weighted by Gasteiger charge is 2.24. The van der Waals surface area contributed by atoms with Crippen LogP contribution in [0.4, 0.5) is 0 Å². The van der Waals surface area contributed by atoms with Gasteiger partial charge in [-0.1, -0.05) is 268 Å². The summed E-state index contributed by atoms with van der Waals surface area (Å²) in [6.45, 7) is 23.3. The molecule has 0 spiro atoms. The van der Waals surface area contributed by atoms with Gasteiger partial charge in [-0.3, -0.25) is 0 Å². The number of benzene rings is 4. The molecule has 0 heteroatoms. The van der Waals surface area contributed by atoms with Crippen LogP contribution in [0.3, 0.4) is 0 Å². The molecule has 0 atom stereocenters. The number of rotatable bonds is 22. The van der Waals surface area contributed by atoms with Gasteiger partial charge in [-0.25, -0.2) is 0 Å².